The standard InChI is InChI=1S/C10H9NO/c1-7-10(12-7)9-4-2-8(6-11)3-5-9/h2-5,7,10H,1H3. The van der Waals surface area contributed by atoms with Gasteiger partial charge in [0, 0.05) is 0 Å². The van der Waals surface area contributed by atoms with Crippen molar-refractivity contribution < 1.29 is 4.74 Å². The summed E-state index contributed by atoms with van der Waals surface area (Å²) in [6, 6.07) is 9.63. The second-order valence-electron chi connectivity index (χ2n) is 3.00. The molecule has 2 atom stereocenters. The largest absolute Gasteiger partial charge is 0.365 e. The van der Waals surface area contributed by atoms with Gasteiger partial charge < -0.3 is 4.74 Å². The molecule has 60 valence electrons. The van der Waals surface area contributed by atoms with Gasteiger partial charge in [0.05, 0.1) is 17.7 Å². The molecule has 0 saturated carbocycles. The Bertz CT molecular complexity index is 323. The molecule has 2 unspecified atom stereocenters. The van der Waals surface area contributed by atoms with Gasteiger partial charge in [0.25, 0.3) is 0 Å². The van der Waals surface area contributed by atoms with E-state index in [4.69, 9.17) is 10.00 Å². The Morgan fingerprint density at radius 3 is 2.33 bits per heavy atom. The SMILES string of the molecule is CC1OC1c1ccc(C#N)cc1. The molecule has 2 heteroatoms. The highest BCUT2D eigenvalue weighted by atomic mass is 16.6. The average Bonchev–Trinajstić information content (AvgIpc) is 2.83. The van der Waals surface area contributed by atoms with E-state index in [1.165, 1.54) is 5.56 Å². The van der Waals surface area contributed by atoms with Crippen LogP contribution in [0.3, 0.4) is 0 Å². The molecule has 1 aliphatic rings. The molecular weight excluding hydrogens is 150 g/mol. The van der Waals surface area contributed by atoms with Crippen LogP contribution in [-0.2, 0) is 4.74 Å². The van der Waals surface area contributed by atoms with Crippen LogP contribution in [0.2, 0.25) is 0 Å². The molecule has 1 fully saturated rings. The first-order valence-corrected chi connectivity index (χ1v) is 3.97. The van der Waals surface area contributed by atoms with E-state index in [0.29, 0.717) is 11.7 Å². The number of rotatable bonds is 1. The zero-order valence-corrected chi connectivity index (χ0v) is 6.82. The van der Waals surface area contributed by atoms with Crippen LogP contribution < -0.4 is 0 Å². The van der Waals surface area contributed by atoms with E-state index >= 15 is 0 Å². The van der Waals surface area contributed by atoms with Crippen molar-refractivity contribution in [2.24, 2.45) is 0 Å². The van der Waals surface area contributed by atoms with E-state index in [0.717, 1.165) is 0 Å². The predicted octanol–water partition coefficient (Wildman–Crippen LogP) is 2.02. The molecule has 0 spiro atoms. The summed E-state index contributed by atoms with van der Waals surface area (Å²) < 4.78 is 5.29. The molecular formula is C10H9NO. The first-order chi connectivity index (χ1) is 5.81. The Morgan fingerprint density at radius 1 is 1.33 bits per heavy atom. The lowest BCUT2D eigenvalue weighted by Gasteiger charge is -1.93. The Balaban J connectivity index is 2.21. The molecule has 0 aromatic heterocycles. The monoisotopic (exact) mass is 159 g/mol. The van der Waals surface area contributed by atoms with E-state index < -0.39 is 0 Å². The number of epoxide rings is 1. The molecule has 0 amide bonds. The van der Waals surface area contributed by atoms with Crippen LogP contribution in [0.25, 0.3) is 0 Å². The van der Waals surface area contributed by atoms with Crippen LogP contribution in [0.15, 0.2) is 24.3 Å². The fourth-order valence-electron chi connectivity index (χ4n) is 1.28. The van der Waals surface area contributed by atoms with Gasteiger partial charge in [-0.15, -0.1) is 0 Å². The molecule has 0 bridgehead atoms. The van der Waals surface area contributed by atoms with Crippen molar-refractivity contribution in [1.82, 2.24) is 0 Å². The zero-order valence-electron chi connectivity index (χ0n) is 6.82. The smallest absolute Gasteiger partial charge is 0.109 e. The Labute approximate surface area is 71.4 Å². The maximum absolute atomic E-state index is 8.55. The van der Waals surface area contributed by atoms with Crippen molar-refractivity contribution in [3.05, 3.63) is 35.4 Å². The number of hydrogen-bond donors (Lipinski definition) is 0. The second-order valence-corrected chi connectivity index (χ2v) is 3.00. The number of benzene rings is 1. The molecule has 1 aliphatic heterocycles. The summed E-state index contributed by atoms with van der Waals surface area (Å²) in [5.41, 5.74) is 1.87. The molecule has 2 nitrogen and oxygen atoms in total. The van der Waals surface area contributed by atoms with Crippen molar-refractivity contribution in [3.8, 4) is 6.07 Å². The van der Waals surface area contributed by atoms with Crippen LogP contribution in [0.1, 0.15) is 24.2 Å². The lowest BCUT2D eigenvalue weighted by Crippen LogP contribution is -1.83. The van der Waals surface area contributed by atoms with Crippen molar-refractivity contribution in [1.29, 1.82) is 5.26 Å². The van der Waals surface area contributed by atoms with Gasteiger partial charge in [-0.1, -0.05) is 12.1 Å². The molecule has 1 saturated heterocycles. The second kappa shape index (κ2) is 2.62. The Kier molecular flexibility index (Phi) is 1.60. The molecule has 1 aromatic carbocycles. The highest BCUT2D eigenvalue weighted by molar-refractivity contribution is 5.33. The predicted molar refractivity (Wildman–Crippen MR) is 44.4 cm³/mol. The topological polar surface area (TPSA) is 36.3 Å². The third kappa shape index (κ3) is 1.19. The third-order valence-electron chi connectivity index (χ3n) is 2.08. The van der Waals surface area contributed by atoms with Crippen molar-refractivity contribution in [3.63, 3.8) is 0 Å². The molecule has 0 aliphatic carbocycles. The van der Waals surface area contributed by atoms with E-state index in [-0.39, 0.29) is 6.10 Å². The van der Waals surface area contributed by atoms with Gasteiger partial charge in [0.15, 0.2) is 0 Å². The van der Waals surface area contributed by atoms with Gasteiger partial charge in [-0.3, -0.25) is 0 Å². The molecule has 1 aromatic rings. The minimum Gasteiger partial charge on any atom is -0.365 e. The minimum absolute atomic E-state index is 0.262. The summed E-state index contributed by atoms with van der Waals surface area (Å²) in [5, 5.41) is 8.55. The molecule has 1 heterocycles. The molecule has 2 rings (SSSR count). The highest BCUT2D eigenvalue weighted by Crippen LogP contribution is 2.37. The van der Waals surface area contributed by atoms with Gasteiger partial charge >= 0.3 is 0 Å². The average molecular weight is 159 g/mol. The van der Waals surface area contributed by atoms with Crippen LogP contribution in [0.5, 0.6) is 0 Å². The van der Waals surface area contributed by atoms with Gasteiger partial charge in [-0.05, 0) is 24.6 Å². The van der Waals surface area contributed by atoms with Crippen molar-refractivity contribution in [2.45, 2.75) is 19.1 Å². The third-order valence-corrected chi connectivity index (χ3v) is 2.08. The summed E-state index contributed by atoms with van der Waals surface area (Å²) in [7, 11) is 0. The first-order valence-electron chi connectivity index (χ1n) is 3.97. The summed E-state index contributed by atoms with van der Waals surface area (Å²) >= 11 is 0. The number of ether oxygens (including phenoxy) is 1. The van der Waals surface area contributed by atoms with Crippen LogP contribution in [0.4, 0.5) is 0 Å². The van der Waals surface area contributed by atoms with Crippen molar-refractivity contribution >= 4 is 0 Å². The maximum atomic E-state index is 8.55. The Hall–Kier alpha value is -1.33. The van der Waals surface area contributed by atoms with E-state index in [1.54, 1.807) is 0 Å². The Morgan fingerprint density at radius 2 is 1.92 bits per heavy atom. The van der Waals surface area contributed by atoms with E-state index in [2.05, 4.69) is 6.07 Å². The first kappa shape index (κ1) is 7.33. The molecule has 12 heavy (non-hydrogen) atoms. The van der Waals surface area contributed by atoms with Crippen molar-refractivity contribution in [2.75, 3.05) is 0 Å². The number of nitriles is 1. The minimum atomic E-state index is 0.262. The number of nitrogens with zero attached hydrogens (tertiary/aromatic N) is 1. The van der Waals surface area contributed by atoms with Gasteiger partial charge in [-0.2, -0.15) is 5.26 Å². The highest BCUT2D eigenvalue weighted by Gasteiger charge is 2.35. The van der Waals surface area contributed by atoms with Crippen LogP contribution in [-0.4, -0.2) is 6.10 Å². The lowest BCUT2D eigenvalue weighted by molar-refractivity contribution is 0.383. The van der Waals surface area contributed by atoms with Crippen LogP contribution >= 0.6 is 0 Å². The summed E-state index contributed by atoms with van der Waals surface area (Å²) in [5.74, 6) is 0. The quantitative estimate of drug-likeness (QED) is 0.588. The molecule has 0 radical (unpaired) electrons. The van der Waals surface area contributed by atoms with E-state index in [9.17, 15) is 0 Å². The maximum Gasteiger partial charge on any atom is 0.109 e. The van der Waals surface area contributed by atoms with Gasteiger partial charge in [0.1, 0.15) is 6.10 Å². The van der Waals surface area contributed by atoms with Crippen LogP contribution in [0, 0.1) is 11.3 Å². The number of hydrogen-bond acceptors (Lipinski definition) is 2. The summed E-state index contributed by atoms with van der Waals surface area (Å²) in [6.07, 6.45) is 0.607. The fraction of sp³-hybridized carbons (Fsp3) is 0.300. The molecule has 0 N–H and O–H groups in total. The fourth-order valence-corrected chi connectivity index (χ4v) is 1.28. The lowest BCUT2D eigenvalue weighted by atomic mass is 10.1. The van der Waals surface area contributed by atoms with Gasteiger partial charge in [0.2, 0.25) is 0 Å². The summed E-state index contributed by atoms with van der Waals surface area (Å²) in [4.78, 5) is 0. The summed E-state index contributed by atoms with van der Waals surface area (Å²) in [6.45, 7) is 2.04. The van der Waals surface area contributed by atoms with Gasteiger partial charge in [-0.25, -0.2) is 0 Å². The van der Waals surface area contributed by atoms with E-state index in [1.807, 2.05) is 31.2 Å². The normalized spacial score (nSPS) is 26.3. The zero-order chi connectivity index (χ0) is 8.55.